The van der Waals surface area contributed by atoms with Gasteiger partial charge in [0.1, 0.15) is 18.0 Å². The van der Waals surface area contributed by atoms with Gasteiger partial charge in [-0.2, -0.15) is 5.10 Å². The second-order valence-corrected chi connectivity index (χ2v) is 9.96. The summed E-state index contributed by atoms with van der Waals surface area (Å²) in [6.45, 7) is 6.70. The van der Waals surface area contributed by atoms with E-state index in [1.54, 1.807) is 20.3 Å². The standard InChI is InChI=1S/C27H38N4O6/c1-16(2)10-19(12-24(32)28-14-25(33)37-6)29-27(34)20-13-21(31(30-20)15-18-11-17(18)3)26-22(35-4)8-7-9-23(26)36-5/h7-9,13,16-19H,10-12,14-15H2,1-6H3,(H,28,32)(H,29,34)/t17-,18-,19-/m0/s1. The Labute approximate surface area is 218 Å². The van der Waals surface area contributed by atoms with Crippen molar-refractivity contribution in [3.63, 3.8) is 0 Å². The zero-order valence-corrected chi connectivity index (χ0v) is 22.5. The number of hydrogen-bond donors (Lipinski definition) is 2. The van der Waals surface area contributed by atoms with E-state index >= 15 is 0 Å². The predicted octanol–water partition coefficient (Wildman–Crippen LogP) is 3.05. The van der Waals surface area contributed by atoms with E-state index in [0.717, 1.165) is 17.7 Å². The molecule has 10 heteroatoms. The number of methoxy groups -OCH3 is 3. The van der Waals surface area contributed by atoms with Gasteiger partial charge in [-0.1, -0.05) is 26.8 Å². The first kappa shape index (κ1) is 28.0. The van der Waals surface area contributed by atoms with Crippen molar-refractivity contribution in [1.29, 1.82) is 0 Å². The number of amides is 2. The van der Waals surface area contributed by atoms with Crippen LogP contribution in [0.5, 0.6) is 11.5 Å². The largest absolute Gasteiger partial charge is 0.496 e. The van der Waals surface area contributed by atoms with Crippen LogP contribution in [0.4, 0.5) is 0 Å². The van der Waals surface area contributed by atoms with Crippen LogP contribution in [0.3, 0.4) is 0 Å². The van der Waals surface area contributed by atoms with Gasteiger partial charge in [-0.05, 0) is 48.8 Å². The summed E-state index contributed by atoms with van der Waals surface area (Å²) in [6.07, 6.45) is 1.74. The molecule has 37 heavy (non-hydrogen) atoms. The van der Waals surface area contributed by atoms with Gasteiger partial charge < -0.3 is 24.8 Å². The molecule has 1 aromatic carbocycles. The number of hydrogen-bond acceptors (Lipinski definition) is 7. The van der Waals surface area contributed by atoms with Crippen molar-refractivity contribution in [2.24, 2.45) is 17.8 Å². The first-order valence-corrected chi connectivity index (χ1v) is 12.6. The quantitative estimate of drug-likeness (QED) is 0.394. The number of rotatable bonds is 13. The lowest BCUT2D eigenvalue weighted by Gasteiger charge is -2.19. The van der Waals surface area contributed by atoms with Crippen molar-refractivity contribution in [1.82, 2.24) is 20.4 Å². The minimum absolute atomic E-state index is 0.0361. The number of nitrogens with one attached hydrogen (secondary N) is 2. The number of carbonyl (C=O) groups excluding carboxylic acids is 3. The Balaban J connectivity index is 1.86. The Bertz CT molecular complexity index is 1090. The Morgan fingerprint density at radius 1 is 1.14 bits per heavy atom. The van der Waals surface area contributed by atoms with Crippen LogP contribution >= 0.6 is 0 Å². The lowest BCUT2D eigenvalue weighted by atomic mass is 10.0. The molecule has 0 bridgehead atoms. The third kappa shape index (κ3) is 7.47. The minimum Gasteiger partial charge on any atom is -0.496 e. The molecule has 0 aliphatic heterocycles. The summed E-state index contributed by atoms with van der Waals surface area (Å²) in [4.78, 5) is 37.1. The second-order valence-electron chi connectivity index (χ2n) is 9.96. The van der Waals surface area contributed by atoms with Gasteiger partial charge in [0.2, 0.25) is 5.91 Å². The van der Waals surface area contributed by atoms with Crippen molar-refractivity contribution in [2.45, 2.75) is 52.6 Å². The maximum Gasteiger partial charge on any atom is 0.325 e. The van der Waals surface area contributed by atoms with Crippen molar-refractivity contribution in [3.8, 4) is 22.8 Å². The highest BCUT2D eigenvalue weighted by molar-refractivity contribution is 5.94. The Kier molecular flexibility index (Phi) is 9.54. The molecule has 1 aromatic heterocycles. The lowest BCUT2D eigenvalue weighted by molar-refractivity contribution is -0.141. The Morgan fingerprint density at radius 2 is 1.78 bits per heavy atom. The smallest absolute Gasteiger partial charge is 0.325 e. The van der Waals surface area contributed by atoms with E-state index in [2.05, 4.69) is 27.4 Å². The normalized spacial score (nSPS) is 17.2. The van der Waals surface area contributed by atoms with E-state index < -0.39 is 12.0 Å². The third-order valence-electron chi connectivity index (χ3n) is 6.56. The van der Waals surface area contributed by atoms with Gasteiger partial charge in [-0.15, -0.1) is 0 Å². The van der Waals surface area contributed by atoms with Crippen LogP contribution in [0.2, 0.25) is 0 Å². The third-order valence-corrected chi connectivity index (χ3v) is 6.56. The van der Waals surface area contributed by atoms with E-state index in [1.165, 1.54) is 7.11 Å². The summed E-state index contributed by atoms with van der Waals surface area (Å²) < 4.78 is 17.6. The summed E-state index contributed by atoms with van der Waals surface area (Å²) >= 11 is 0. The van der Waals surface area contributed by atoms with E-state index in [9.17, 15) is 14.4 Å². The number of ether oxygens (including phenoxy) is 3. The zero-order chi connectivity index (χ0) is 27.1. The summed E-state index contributed by atoms with van der Waals surface area (Å²) in [5.41, 5.74) is 1.71. The Morgan fingerprint density at radius 3 is 2.32 bits per heavy atom. The highest BCUT2D eigenvalue weighted by Gasteiger charge is 2.34. The van der Waals surface area contributed by atoms with E-state index in [0.29, 0.717) is 36.3 Å². The summed E-state index contributed by atoms with van der Waals surface area (Å²) in [5, 5.41) is 10.2. The van der Waals surface area contributed by atoms with Gasteiger partial charge >= 0.3 is 5.97 Å². The van der Waals surface area contributed by atoms with Crippen molar-refractivity contribution in [2.75, 3.05) is 27.9 Å². The fourth-order valence-electron chi connectivity index (χ4n) is 4.41. The average molecular weight is 515 g/mol. The highest BCUT2D eigenvalue weighted by atomic mass is 16.5. The van der Waals surface area contributed by atoms with Gasteiger partial charge in [0.15, 0.2) is 5.69 Å². The van der Waals surface area contributed by atoms with Crippen molar-refractivity contribution in [3.05, 3.63) is 30.0 Å². The van der Waals surface area contributed by atoms with Crippen LogP contribution < -0.4 is 20.1 Å². The lowest BCUT2D eigenvalue weighted by Crippen LogP contribution is -2.41. The fraction of sp³-hybridized carbons (Fsp3) is 0.556. The SMILES string of the molecule is COC(=O)CNC(=O)C[C@H](CC(C)C)NC(=O)c1cc(-c2c(OC)cccc2OC)n(C[C@@H]2C[C@@H]2C)n1. The monoisotopic (exact) mass is 514 g/mol. The molecule has 1 aliphatic rings. The van der Waals surface area contributed by atoms with Gasteiger partial charge in [-0.3, -0.25) is 19.1 Å². The molecule has 2 amide bonds. The summed E-state index contributed by atoms with van der Waals surface area (Å²) in [7, 11) is 4.45. The first-order chi connectivity index (χ1) is 17.7. The minimum atomic E-state index is -0.535. The van der Waals surface area contributed by atoms with Gasteiger partial charge in [0, 0.05) is 19.0 Å². The molecule has 1 aliphatic carbocycles. The maximum absolute atomic E-state index is 13.3. The van der Waals surface area contributed by atoms with Crippen molar-refractivity contribution >= 4 is 17.8 Å². The predicted molar refractivity (Wildman–Crippen MR) is 138 cm³/mol. The van der Waals surface area contributed by atoms with Crippen molar-refractivity contribution < 1.29 is 28.6 Å². The fourth-order valence-corrected chi connectivity index (χ4v) is 4.41. The van der Waals surface area contributed by atoms with Crippen LogP contribution in [-0.4, -0.2) is 61.5 Å². The molecular formula is C27H38N4O6. The average Bonchev–Trinajstić information content (AvgIpc) is 3.40. The second kappa shape index (κ2) is 12.6. The molecule has 202 valence electrons. The maximum atomic E-state index is 13.3. The number of nitrogens with zero attached hydrogens (tertiary/aromatic N) is 2. The molecule has 10 nitrogen and oxygen atoms in total. The van der Waals surface area contributed by atoms with Crippen LogP contribution in [-0.2, 0) is 20.9 Å². The molecule has 0 saturated heterocycles. The van der Waals surface area contributed by atoms with Gasteiger partial charge in [0.25, 0.3) is 5.91 Å². The summed E-state index contributed by atoms with van der Waals surface area (Å²) in [6, 6.07) is 6.86. The molecule has 1 saturated carbocycles. The zero-order valence-electron chi connectivity index (χ0n) is 22.5. The molecule has 1 heterocycles. The van der Waals surface area contributed by atoms with Crippen LogP contribution in [0.25, 0.3) is 11.3 Å². The molecule has 0 radical (unpaired) electrons. The van der Waals surface area contributed by atoms with E-state index in [1.807, 2.05) is 36.7 Å². The Hall–Kier alpha value is -3.56. The molecular weight excluding hydrogens is 476 g/mol. The first-order valence-electron chi connectivity index (χ1n) is 12.6. The number of benzene rings is 1. The molecule has 2 N–H and O–H groups in total. The van der Waals surface area contributed by atoms with Gasteiger partial charge in [-0.25, -0.2) is 0 Å². The molecule has 3 atom stereocenters. The number of esters is 1. The molecule has 0 spiro atoms. The number of aromatic nitrogens is 2. The topological polar surface area (TPSA) is 121 Å². The highest BCUT2D eigenvalue weighted by Crippen LogP contribution is 2.42. The number of carbonyl (C=O) groups is 3. The molecule has 0 unspecified atom stereocenters. The van der Waals surface area contributed by atoms with Crippen LogP contribution in [0, 0.1) is 17.8 Å². The van der Waals surface area contributed by atoms with Crippen LogP contribution in [0.15, 0.2) is 24.3 Å². The molecule has 1 fully saturated rings. The molecule has 3 rings (SSSR count). The van der Waals surface area contributed by atoms with Gasteiger partial charge in [0.05, 0.1) is 32.6 Å². The van der Waals surface area contributed by atoms with E-state index in [4.69, 9.17) is 9.47 Å². The van der Waals surface area contributed by atoms with E-state index in [-0.39, 0.29) is 36.4 Å². The molecule has 2 aromatic rings. The summed E-state index contributed by atoms with van der Waals surface area (Å²) in [5.74, 6) is 1.32. The van der Waals surface area contributed by atoms with Crippen LogP contribution in [0.1, 0.15) is 50.5 Å².